The van der Waals surface area contributed by atoms with Gasteiger partial charge >= 0.3 is 5.97 Å². The molecule has 6 nitrogen and oxygen atoms in total. The molecule has 2 N–H and O–H groups in total. The lowest BCUT2D eigenvalue weighted by molar-refractivity contribution is 0.0691. The number of nitrogens with one attached hydrogen (secondary N) is 1. The number of anilines is 1. The maximum Gasteiger partial charge on any atom is 0.355 e. The fraction of sp³-hybridized carbons (Fsp3) is 0.200. The summed E-state index contributed by atoms with van der Waals surface area (Å²) in [4.78, 5) is 31.3. The topological polar surface area (TPSA) is 92.2 Å². The molecule has 2 aromatic rings. The van der Waals surface area contributed by atoms with Crippen LogP contribution in [0.2, 0.25) is 0 Å². The minimum absolute atomic E-state index is 0.109. The second-order valence-corrected chi connectivity index (χ2v) is 5.52. The van der Waals surface area contributed by atoms with Gasteiger partial charge in [0.1, 0.15) is 0 Å². The second kappa shape index (κ2) is 4.83. The quantitative estimate of drug-likeness (QED) is 0.900. The molecule has 2 rings (SSSR count). The van der Waals surface area contributed by atoms with Gasteiger partial charge in [0.05, 0.1) is 5.69 Å². The highest BCUT2D eigenvalue weighted by atomic mass is 32.1. The molecule has 94 valence electrons. The molecular weight excluding hydrogens is 274 g/mol. The zero-order chi connectivity index (χ0) is 13.3. The van der Waals surface area contributed by atoms with Gasteiger partial charge in [-0.1, -0.05) is 0 Å². The van der Waals surface area contributed by atoms with Crippen molar-refractivity contribution in [2.75, 3.05) is 5.32 Å². The fourth-order valence-electron chi connectivity index (χ4n) is 1.15. The van der Waals surface area contributed by atoms with Gasteiger partial charge in [-0.05, 0) is 13.8 Å². The number of hydrogen-bond donors (Lipinski definition) is 2. The predicted octanol–water partition coefficient (Wildman–Crippen LogP) is 2.17. The first-order valence-electron chi connectivity index (χ1n) is 4.91. The first kappa shape index (κ1) is 12.7. The average molecular weight is 283 g/mol. The van der Waals surface area contributed by atoms with Gasteiger partial charge in [-0.3, -0.25) is 10.1 Å². The van der Waals surface area contributed by atoms with E-state index < -0.39 is 11.9 Å². The molecule has 0 radical (unpaired) electrons. The van der Waals surface area contributed by atoms with Crippen molar-refractivity contribution in [1.82, 2.24) is 9.97 Å². The lowest BCUT2D eigenvalue weighted by Crippen LogP contribution is -2.12. The predicted molar refractivity (Wildman–Crippen MR) is 68.6 cm³/mol. The van der Waals surface area contributed by atoms with E-state index >= 15 is 0 Å². The fourth-order valence-corrected chi connectivity index (χ4v) is 2.65. The van der Waals surface area contributed by atoms with E-state index in [9.17, 15) is 9.59 Å². The molecule has 18 heavy (non-hydrogen) atoms. The molecule has 0 aromatic carbocycles. The lowest BCUT2D eigenvalue weighted by atomic mass is 10.4. The highest BCUT2D eigenvalue weighted by Gasteiger charge is 2.16. The number of carboxylic acids is 1. The van der Waals surface area contributed by atoms with Gasteiger partial charge in [-0.15, -0.1) is 22.7 Å². The maximum atomic E-state index is 11.8. The Morgan fingerprint density at radius 2 is 2.06 bits per heavy atom. The van der Waals surface area contributed by atoms with Crippen LogP contribution in [0.25, 0.3) is 0 Å². The Balaban J connectivity index is 2.14. The maximum absolute atomic E-state index is 11.8. The van der Waals surface area contributed by atoms with E-state index in [0.717, 1.165) is 21.9 Å². The summed E-state index contributed by atoms with van der Waals surface area (Å²) in [6.45, 7) is 3.77. The Labute approximate surface area is 110 Å². The van der Waals surface area contributed by atoms with Gasteiger partial charge in [0.2, 0.25) is 0 Å². The van der Waals surface area contributed by atoms with Crippen molar-refractivity contribution in [3.05, 3.63) is 26.7 Å². The second-order valence-electron chi connectivity index (χ2n) is 3.46. The van der Waals surface area contributed by atoms with E-state index in [1.807, 2.05) is 13.8 Å². The van der Waals surface area contributed by atoms with Gasteiger partial charge in [-0.2, -0.15) is 0 Å². The van der Waals surface area contributed by atoms with Gasteiger partial charge in [0.15, 0.2) is 15.8 Å². The van der Waals surface area contributed by atoms with Crippen molar-refractivity contribution < 1.29 is 14.7 Å². The molecule has 0 atom stereocenters. The number of nitrogens with zero attached hydrogens (tertiary/aromatic N) is 2. The van der Waals surface area contributed by atoms with Crippen LogP contribution < -0.4 is 5.32 Å². The van der Waals surface area contributed by atoms with Gasteiger partial charge in [0, 0.05) is 10.3 Å². The third-order valence-electron chi connectivity index (χ3n) is 2.17. The summed E-state index contributed by atoms with van der Waals surface area (Å²) in [5.74, 6) is -1.59. The van der Waals surface area contributed by atoms with Crippen molar-refractivity contribution in [2.24, 2.45) is 0 Å². The summed E-state index contributed by atoms with van der Waals surface area (Å²) in [5, 5.41) is 13.2. The molecule has 0 spiro atoms. The van der Waals surface area contributed by atoms with Gasteiger partial charge < -0.3 is 5.11 Å². The Bertz CT molecular complexity index is 598. The highest BCUT2D eigenvalue weighted by molar-refractivity contribution is 7.16. The van der Waals surface area contributed by atoms with E-state index in [4.69, 9.17) is 5.11 Å². The number of rotatable bonds is 3. The van der Waals surface area contributed by atoms with Crippen molar-refractivity contribution in [3.63, 3.8) is 0 Å². The zero-order valence-corrected chi connectivity index (χ0v) is 11.2. The number of carboxylic acid groups (broad SMARTS) is 1. The summed E-state index contributed by atoms with van der Waals surface area (Å²) in [7, 11) is 0. The molecular formula is C10H9N3O3S2. The summed E-state index contributed by atoms with van der Waals surface area (Å²) in [6.07, 6.45) is 0. The van der Waals surface area contributed by atoms with Crippen LogP contribution in [0.3, 0.4) is 0 Å². The Hall–Kier alpha value is -1.80. The molecule has 0 aliphatic heterocycles. The van der Waals surface area contributed by atoms with Crippen LogP contribution in [0.4, 0.5) is 5.13 Å². The molecule has 0 saturated carbocycles. The number of aryl methyl sites for hydroxylation is 2. The summed E-state index contributed by atoms with van der Waals surface area (Å²) in [5.41, 5.74) is 0.734. The minimum atomic E-state index is -1.15. The van der Waals surface area contributed by atoms with Crippen LogP contribution >= 0.6 is 22.7 Å². The Morgan fingerprint density at radius 1 is 1.33 bits per heavy atom. The number of aromatic carboxylic acids is 1. The molecule has 2 heterocycles. The summed E-state index contributed by atoms with van der Waals surface area (Å²) >= 11 is 2.36. The van der Waals surface area contributed by atoms with Crippen LogP contribution in [-0.2, 0) is 0 Å². The van der Waals surface area contributed by atoms with Crippen LogP contribution in [0.5, 0.6) is 0 Å². The van der Waals surface area contributed by atoms with E-state index in [2.05, 4.69) is 15.3 Å². The van der Waals surface area contributed by atoms with Crippen molar-refractivity contribution in [2.45, 2.75) is 13.8 Å². The van der Waals surface area contributed by atoms with Crippen LogP contribution in [0, 0.1) is 13.8 Å². The van der Waals surface area contributed by atoms with Crippen LogP contribution in [0.1, 0.15) is 30.9 Å². The number of carbonyl (C=O) groups is 2. The first-order valence-corrected chi connectivity index (χ1v) is 6.61. The number of amides is 1. The molecule has 0 bridgehead atoms. The normalized spacial score (nSPS) is 10.3. The van der Waals surface area contributed by atoms with Crippen molar-refractivity contribution in [3.8, 4) is 0 Å². The standard InChI is InChI=1S/C10H9N3O3S2/c1-4-5(2)18-10(11-4)13-7(14)8-12-6(3-17-8)9(15)16/h3H,1-2H3,(H,15,16)(H,11,13,14). The molecule has 2 aromatic heterocycles. The average Bonchev–Trinajstić information content (AvgIpc) is 2.87. The molecule has 0 fully saturated rings. The number of carbonyl (C=O) groups excluding carboxylic acids is 1. The number of thiazole rings is 2. The first-order chi connectivity index (χ1) is 8.47. The molecule has 0 saturated heterocycles. The summed E-state index contributed by atoms with van der Waals surface area (Å²) in [6, 6.07) is 0. The van der Waals surface area contributed by atoms with Crippen molar-refractivity contribution in [1.29, 1.82) is 0 Å². The van der Waals surface area contributed by atoms with E-state index in [1.165, 1.54) is 16.7 Å². The highest BCUT2D eigenvalue weighted by Crippen LogP contribution is 2.22. The molecule has 1 amide bonds. The smallest absolute Gasteiger partial charge is 0.355 e. The van der Waals surface area contributed by atoms with Gasteiger partial charge in [-0.25, -0.2) is 14.8 Å². The van der Waals surface area contributed by atoms with Crippen LogP contribution in [-0.4, -0.2) is 27.0 Å². The third-order valence-corrected chi connectivity index (χ3v) is 4.00. The Morgan fingerprint density at radius 3 is 2.56 bits per heavy atom. The lowest BCUT2D eigenvalue weighted by Gasteiger charge is -1.96. The molecule has 8 heteroatoms. The van der Waals surface area contributed by atoms with E-state index in [-0.39, 0.29) is 10.7 Å². The molecule has 0 aliphatic rings. The third kappa shape index (κ3) is 2.54. The Kier molecular flexibility index (Phi) is 3.39. The van der Waals surface area contributed by atoms with Gasteiger partial charge in [0.25, 0.3) is 5.91 Å². The van der Waals surface area contributed by atoms with Crippen LogP contribution in [0.15, 0.2) is 5.38 Å². The largest absolute Gasteiger partial charge is 0.476 e. The van der Waals surface area contributed by atoms with Crippen molar-refractivity contribution >= 4 is 39.7 Å². The SMILES string of the molecule is Cc1nc(NC(=O)c2nc(C(=O)O)cs2)sc1C. The summed E-state index contributed by atoms with van der Waals surface area (Å²) < 4.78 is 0. The van der Waals surface area contributed by atoms with E-state index in [0.29, 0.717) is 5.13 Å². The monoisotopic (exact) mass is 283 g/mol. The minimum Gasteiger partial charge on any atom is -0.476 e. The van der Waals surface area contributed by atoms with E-state index in [1.54, 1.807) is 0 Å². The zero-order valence-electron chi connectivity index (χ0n) is 9.55. The number of hydrogen-bond acceptors (Lipinski definition) is 6. The number of aromatic nitrogens is 2. The molecule has 0 unspecified atom stereocenters. The molecule has 0 aliphatic carbocycles.